The molecule has 0 saturated heterocycles. The van der Waals surface area contributed by atoms with Gasteiger partial charge in [-0.15, -0.1) is 10.2 Å². The average Bonchev–Trinajstić information content (AvgIpc) is 3.26. The number of hydrogen-bond acceptors (Lipinski definition) is 5. The van der Waals surface area contributed by atoms with Crippen molar-refractivity contribution in [2.24, 2.45) is 5.92 Å². The van der Waals surface area contributed by atoms with Crippen molar-refractivity contribution >= 4 is 40.9 Å². The van der Waals surface area contributed by atoms with Crippen LogP contribution in [0.25, 0.3) is 11.4 Å². The predicted molar refractivity (Wildman–Crippen MR) is 106 cm³/mol. The highest BCUT2D eigenvalue weighted by Gasteiger charge is 2.22. The van der Waals surface area contributed by atoms with Gasteiger partial charge in [-0.3, -0.25) is 4.79 Å². The van der Waals surface area contributed by atoms with Crippen molar-refractivity contribution < 1.29 is 4.79 Å². The molecule has 0 bridgehead atoms. The Labute approximate surface area is 166 Å². The monoisotopic (exact) mass is 413 g/mol. The SMILES string of the molecule is Nn1c(SCCCNC(=O)C2CCCC2)nnc1-c1ccc(Cl)cc1Cl. The number of nitrogens with one attached hydrogen (secondary N) is 1. The highest BCUT2D eigenvalue weighted by atomic mass is 35.5. The molecule has 3 rings (SSSR count). The molecule has 140 valence electrons. The van der Waals surface area contributed by atoms with Crippen LogP contribution >= 0.6 is 35.0 Å². The summed E-state index contributed by atoms with van der Waals surface area (Å²) in [5.74, 6) is 7.77. The molecule has 9 heteroatoms. The van der Waals surface area contributed by atoms with Gasteiger partial charge >= 0.3 is 0 Å². The minimum Gasteiger partial charge on any atom is -0.356 e. The third-order valence-electron chi connectivity index (χ3n) is 4.41. The van der Waals surface area contributed by atoms with Crippen molar-refractivity contribution in [2.45, 2.75) is 37.3 Å². The van der Waals surface area contributed by atoms with Gasteiger partial charge in [0.25, 0.3) is 0 Å². The first-order chi connectivity index (χ1) is 12.6. The van der Waals surface area contributed by atoms with Crippen molar-refractivity contribution in [1.29, 1.82) is 0 Å². The summed E-state index contributed by atoms with van der Waals surface area (Å²) in [6.45, 7) is 0.664. The van der Waals surface area contributed by atoms with E-state index in [2.05, 4.69) is 15.5 Å². The molecule has 1 fully saturated rings. The molecule has 6 nitrogen and oxygen atoms in total. The Bertz CT molecular complexity index is 777. The molecule has 1 aliphatic carbocycles. The Morgan fingerprint density at radius 1 is 1.31 bits per heavy atom. The number of benzene rings is 1. The van der Waals surface area contributed by atoms with Crippen molar-refractivity contribution in [2.75, 3.05) is 18.1 Å². The number of nitrogen functional groups attached to an aromatic ring is 1. The lowest BCUT2D eigenvalue weighted by Crippen LogP contribution is -2.30. The summed E-state index contributed by atoms with van der Waals surface area (Å²) >= 11 is 13.6. The maximum absolute atomic E-state index is 12.0. The number of halogens is 2. The lowest BCUT2D eigenvalue weighted by atomic mass is 10.1. The fourth-order valence-corrected chi connectivity index (χ4v) is 4.30. The Balaban J connectivity index is 1.48. The van der Waals surface area contributed by atoms with Gasteiger partial charge in [0.15, 0.2) is 5.82 Å². The average molecular weight is 414 g/mol. The molecule has 0 radical (unpaired) electrons. The van der Waals surface area contributed by atoms with E-state index in [9.17, 15) is 4.79 Å². The molecule has 26 heavy (non-hydrogen) atoms. The Kier molecular flexibility index (Phi) is 6.67. The molecular weight excluding hydrogens is 393 g/mol. The summed E-state index contributed by atoms with van der Waals surface area (Å²) < 4.78 is 1.43. The fraction of sp³-hybridized carbons (Fsp3) is 0.471. The largest absolute Gasteiger partial charge is 0.356 e. The van der Waals surface area contributed by atoms with Crippen molar-refractivity contribution in [3.8, 4) is 11.4 Å². The van der Waals surface area contributed by atoms with E-state index in [0.29, 0.717) is 33.1 Å². The maximum Gasteiger partial charge on any atom is 0.223 e. The molecular formula is C17H21Cl2N5OS. The third-order valence-corrected chi connectivity index (χ3v) is 5.99. The van der Waals surface area contributed by atoms with Crippen LogP contribution in [-0.2, 0) is 4.79 Å². The number of nitrogens with two attached hydrogens (primary N) is 1. The first-order valence-corrected chi connectivity index (χ1v) is 10.4. The summed E-state index contributed by atoms with van der Waals surface area (Å²) in [6.07, 6.45) is 5.22. The lowest BCUT2D eigenvalue weighted by molar-refractivity contribution is -0.124. The van der Waals surface area contributed by atoms with Gasteiger partial charge in [0.2, 0.25) is 11.1 Å². The number of amides is 1. The van der Waals surface area contributed by atoms with Gasteiger partial charge in [-0.25, -0.2) is 4.68 Å². The van der Waals surface area contributed by atoms with E-state index in [1.807, 2.05) is 0 Å². The number of carbonyl (C=O) groups is 1. The normalized spacial score (nSPS) is 14.7. The molecule has 0 atom stereocenters. The summed E-state index contributed by atoms with van der Waals surface area (Å²) in [6, 6.07) is 5.15. The van der Waals surface area contributed by atoms with Gasteiger partial charge in [0.1, 0.15) is 0 Å². The minimum atomic E-state index is 0.189. The van der Waals surface area contributed by atoms with Gasteiger partial charge in [0, 0.05) is 28.8 Å². The fourth-order valence-electron chi connectivity index (χ4n) is 3.01. The molecule has 3 N–H and O–H groups in total. The van der Waals surface area contributed by atoms with Gasteiger partial charge in [-0.2, -0.15) is 0 Å². The molecule has 1 saturated carbocycles. The van der Waals surface area contributed by atoms with E-state index in [4.69, 9.17) is 29.0 Å². The number of thioether (sulfide) groups is 1. The van der Waals surface area contributed by atoms with Gasteiger partial charge in [-0.1, -0.05) is 47.8 Å². The number of nitrogens with zero attached hydrogens (tertiary/aromatic N) is 3. The van der Waals surface area contributed by atoms with E-state index in [-0.39, 0.29) is 11.8 Å². The van der Waals surface area contributed by atoms with Crippen LogP contribution in [0.5, 0.6) is 0 Å². The van der Waals surface area contributed by atoms with E-state index in [1.54, 1.807) is 18.2 Å². The highest BCUT2D eigenvalue weighted by molar-refractivity contribution is 7.99. The highest BCUT2D eigenvalue weighted by Crippen LogP contribution is 2.30. The molecule has 1 aliphatic rings. The number of hydrogen-bond donors (Lipinski definition) is 2. The number of carbonyl (C=O) groups excluding carboxylic acids is 1. The van der Waals surface area contributed by atoms with Gasteiger partial charge in [-0.05, 0) is 37.5 Å². The van der Waals surface area contributed by atoms with Gasteiger partial charge in [0.05, 0.1) is 5.02 Å². The summed E-state index contributed by atoms with van der Waals surface area (Å²) in [5.41, 5.74) is 0.682. The number of rotatable bonds is 7. The van der Waals surface area contributed by atoms with Crippen LogP contribution in [0.4, 0.5) is 0 Å². The van der Waals surface area contributed by atoms with E-state index < -0.39 is 0 Å². The molecule has 0 unspecified atom stereocenters. The summed E-state index contributed by atoms with van der Waals surface area (Å²) in [4.78, 5) is 12.0. The van der Waals surface area contributed by atoms with Crippen LogP contribution < -0.4 is 11.2 Å². The van der Waals surface area contributed by atoms with Crippen molar-refractivity contribution in [3.05, 3.63) is 28.2 Å². The van der Waals surface area contributed by atoms with E-state index in [1.165, 1.54) is 29.3 Å². The van der Waals surface area contributed by atoms with Crippen LogP contribution in [0.15, 0.2) is 23.4 Å². The molecule has 2 aromatic rings. The van der Waals surface area contributed by atoms with Crippen molar-refractivity contribution in [1.82, 2.24) is 20.2 Å². The van der Waals surface area contributed by atoms with E-state index >= 15 is 0 Å². The quantitative estimate of drug-likeness (QED) is 0.409. The zero-order chi connectivity index (χ0) is 18.5. The smallest absolute Gasteiger partial charge is 0.223 e. The maximum atomic E-state index is 12.0. The minimum absolute atomic E-state index is 0.189. The van der Waals surface area contributed by atoms with Gasteiger partial charge < -0.3 is 11.2 Å². The summed E-state index contributed by atoms with van der Waals surface area (Å²) in [5, 5.41) is 12.9. The van der Waals surface area contributed by atoms with Crippen LogP contribution in [0.2, 0.25) is 10.0 Å². The molecule has 1 aromatic carbocycles. The molecule has 0 spiro atoms. The van der Waals surface area contributed by atoms with E-state index in [0.717, 1.165) is 25.0 Å². The van der Waals surface area contributed by atoms with Crippen LogP contribution in [0, 0.1) is 5.92 Å². The van der Waals surface area contributed by atoms with Crippen LogP contribution in [0.1, 0.15) is 32.1 Å². The first-order valence-electron chi connectivity index (χ1n) is 8.62. The zero-order valence-electron chi connectivity index (χ0n) is 14.3. The standard InChI is InChI=1S/C17H21Cl2N5OS/c18-12-6-7-13(14(19)10-12)15-22-23-17(24(15)20)26-9-3-8-21-16(25)11-4-1-2-5-11/h6-7,10-11H,1-5,8-9,20H2,(H,21,25). The second-order valence-corrected chi connectivity index (χ2v) is 8.18. The first kappa shape index (κ1) is 19.3. The van der Waals surface area contributed by atoms with Crippen LogP contribution in [-0.4, -0.2) is 33.1 Å². The zero-order valence-corrected chi connectivity index (χ0v) is 16.6. The molecule has 1 aromatic heterocycles. The molecule has 0 aliphatic heterocycles. The molecule has 1 amide bonds. The number of aromatic nitrogens is 3. The lowest BCUT2D eigenvalue weighted by Gasteiger charge is -2.10. The molecule has 1 heterocycles. The second-order valence-electron chi connectivity index (χ2n) is 6.27. The van der Waals surface area contributed by atoms with Crippen molar-refractivity contribution in [3.63, 3.8) is 0 Å². The van der Waals surface area contributed by atoms with Crippen LogP contribution in [0.3, 0.4) is 0 Å². The summed E-state index contributed by atoms with van der Waals surface area (Å²) in [7, 11) is 0. The third kappa shape index (κ3) is 4.64. The Hall–Kier alpha value is -1.44. The topological polar surface area (TPSA) is 85.8 Å². The predicted octanol–water partition coefficient (Wildman–Crippen LogP) is 3.75. The second kappa shape index (κ2) is 8.97. The Morgan fingerprint density at radius 2 is 2.08 bits per heavy atom. The Morgan fingerprint density at radius 3 is 2.81 bits per heavy atom.